The molecule has 0 bridgehead atoms. The first-order valence-electron chi connectivity index (χ1n) is 9.80. The highest BCUT2D eigenvalue weighted by molar-refractivity contribution is 6.04. The Morgan fingerprint density at radius 3 is 2.29 bits per heavy atom. The number of ether oxygens (including phenoxy) is 1. The molecular weight excluding hydrogens is 346 g/mol. The van der Waals surface area contributed by atoms with E-state index in [1.165, 1.54) is 5.56 Å². The molecule has 1 amide bonds. The highest BCUT2D eigenvalue weighted by Crippen LogP contribution is 2.40. The fourth-order valence-electron chi connectivity index (χ4n) is 3.81. The molecule has 0 spiro atoms. The number of fused-ring (bicyclic) bond motifs is 1. The summed E-state index contributed by atoms with van der Waals surface area (Å²) in [5.41, 5.74) is 5.64. The molecule has 0 fully saturated rings. The Balaban J connectivity index is 1.46. The number of hydrogen-bond donors (Lipinski definition) is 0. The van der Waals surface area contributed by atoms with E-state index in [1.807, 2.05) is 41.3 Å². The molecule has 0 N–H and O–H groups in total. The molecule has 142 valence electrons. The molecule has 1 aliphatic heterocycles. The Morgan fingerprint density at radius 2 is 1.57 bits per heavy atom. The third kappa shape index (κ3) is 4.00. The Bertz CT molecular complexity index is 937. The van der Waals surface area contributed by atoms with Crippen LogP contribution < -0.4 is 4.90 Å². The predicted octanol–water partition coefficient (Wildman–Crippen LogP) is 5.23. The van der Waals surface area contributed by atoms with Crippen molar-refractivity contribution in [3.05, 3.63) is 101 Å². The molecule has 1 atom stereocenters. The van der Waals surface area contributed by atoms with Crippen LogP contribution in [0.3, 0.4) is 0 Å². The number of amides is 1. The molecule has 1 aliphatic rings. The van der Waals surface area contributed by atoms with Crippen LogP contribution in [0.1, 0.15) is 34.6 Å². The molecule has 0 aliphatic carbocycles. The average molecular weight is 371 g/mol. The molecule has 4 rings (SSSR count). The zero-order chi connectivity index (χ0) is 19.3. The van der Waals surface area contributed by atoms with Crippen molar-refractivity contribution < 1.29 is 9.53 Å². The van der Waals surface area contributed by atoms with Gasteiger partial charge in [0.1, 0.15) is 0 Å². The van der Waals surface area contributed by atoms with Crippen molar-refractivity contribution in [2.45, 2.75) is 32.4 Å². The molecule has 3 aromatic carbocycles. The minimum absolute atomic E-state index is 0.130. The molecule has 3 heteroatoms. The van der Waals surface area contributed by atoms with Gasteiger partial charge < -0.3 is 9.64 Å². The standard InChI is InChI=1S/C25H25NO2/c1-19-12-13-24-23(16-19)22(14-15-28-18-21-10-6-3-7-11-21)25(27)26(24)17-20-8-4-2-5-9-20/h2-13,16,22H,14-15,17-18H2,1H3. The summed E-state index contributed by atoms with van der Waals surface area (Å²) >= 11 is 0. The SMILES string of the molecule is Cc1ccc2c(c1)C(CCOCc1ccccc1)C(=O)N2Cc1ccccc1. The second-order valence-corrected chi connectivity index (χ2v) is 7.35. The maximum absolute atomic E-state index is 13.2. The third-order valence-electron chi connectivity index (χ3n) is 5.26. The lowest BCUT2D eigenvalue weighted by Gasteiger charge is -2.18. The zero-order valence-electron chi connectivity index (χ0n) is 16.2. The summed E-state index contributed by atoms with van der Waals surface area (Å²) < 4.78 is 5.86. The molecule has 0 saturated carbocycles. The van der Waals surface area contributed by atoms with Crippen LogP contribution >= 0.6 is 0 Å². The first-order chi connectivity index (χ1) is 13.7. The van der Waals surface area contributed by atoms with Crippen LogP contribution in [0.25, 0.3) is 0 Å². The quantitative estimate of drug-likeness (QED) is 0.532. The van der Waals surface area contributed by atoms with Crippen molar-refractivity contribution in [1.82, 2.24) is 0 Å². The number of aryl methyl sites for hydroxylation is 1. The first-order valence-corrected chi connectivity index (χ1v) is 9.80. The van der Waals surface area contributed by atoms with Crippen molar-refractivity contribution in [2.75, 3.05) is 11.5 Å². The summed E-state index contributed by atoms with van der Waals surface area (Å²) in [6, 6.07) is 26.6. The van der Waals surface area contributed by atoms with Gasteiger partial charge in [-0.15, -0.1) is 0 Å². The summed E-state index contributed by atoms with van der Waals surface area (Å²) in [5.74, 6) is 0.0437. The second-order valence-electron chi connectivity index (χ2n) is 7.35. The van der Waals surface area contributed by atoms with Gasteiger partial charge in [-0.05, 0) is 36.1 Å². The van der Waals surface area contributed by atoms with Crippen LogP contribution in [0, 0.1) is 6.92 Å². The molecule has 3 nitrogen and oxygen atoms in total. The summed E-state index contributed by atoms with van der Waals surface area (Å²) in [6.07, 6.45) is 0.702. The van der Waals surface area contributed by atoms with E-state index in [0.29, 0.717) is 26.2 Å². The van der Waals surface area contributed by atoms with Crippen LogP contribution in [0.15, 0.2) is 78.9 Å². The largest absolute Gasteiger partial charge is 0.377 e. The fraction of sp³-hybridized carbons (Fsp3) is 0.240. The predicted molar refractivity (Wildman–Crippen MR) is 112 cm³/mol. The number of anilines is 1. The highest BCUT2D eigenvalue weighted by Gasteiger charge is 2.36. The van der Waals surface area contributed by atoms with Crippen molar-refractivity contribution in [3.8, 4) is 0 Å². The van der Waals surface area contributed by atoms with Crippen LogP contribution in [-0.2, 0) is 22.7 Å². The number of hydrogen-bond acceptors (Lipinski definition) is 2. The molecule has 1 unspecified atom stereocenters. The van der Waals surface area contributed by atoms with Crippen molar-refractivity contribution in [2.24, 2.45) is 0 Å². The monoisotopic (exact) mass is 371 g/mol. The number of nitrogens with zero attached hydrogens (tertiary/aromatic N) is 1. The zero-order valence-corrected chi connectivity index (χ0v) is 16.2. The van der Waals surface area contributed by atoms with Gasteiger partial charge >= 0.3 is 0 Å². The van der Waals surface area contributed by atoms with Gasteiger partial charge in [-0.2, -0.15) is 0 Å². The van der Waals surface area contributed by atoms with Crippen LogP contribution in [0.2, 0.25) is 0 Å². The topological polar surface area (TPSA) is 29.5 Å². The Kier molecular flexibility index (Phi) is 5.54. The summed E-state index contributed by atoms with van der Waals surface area (Å²) in [7, 11) is 0. The van der Waals surface area contributed by atoms with Crippen molar-refractivity contribution in [3.63, 3.8) is 0 Å². The smallest absolute Gasteiger partial charge is 0.235 e. The average Bonchev–Trinajstić information content (AvgIpc) is 2.97. The van der Waals surface area contributed by atoms with E-state index in [4.69, 9.17) is 4.74 Å². The fourth-order valence-corrected chi connectivity index (χ4v) is 3.81. The van der Waals surface area contributed by atoms with E-state index < -0.39 is 0 Å². The highest BCUT2D eigenvalue weighted by atomic mass is 16.5. The molecule has 0 saturated heterocycles. The van der Waals surface area contributed by atoms with Crippen molar-refractivity contribution in [1.29, 1.82) is 0 Å². The molecule has 0 radical (unpaired) electrons. The lowest BCUT2D eigenvalue weighted by Crippen LogP contribution is -2.28. The summed E-state index contributed by atoms with van der Waals surface area (Å²) in [4.78, 5) is 15.1. The van der Waals surface area contributed by atoms with Crippen molar-refractivity contribution >= 4 is 11.6 Å². The minimum Gasteiger partial charge on any atom is -0.377 e. The maximum Gasteiger partial charge on any atom is 0.235 e. The Morgan fingerprint density at radius 1 is 0.893 bits per heavy atom. The van der Waals surface area contributed by atoms with E-state index in [1.54, 1.807) is 0 Å². The normalized spacial score (nSPS) is 15.7. The van der Waals surface area contributed by atoms with Gasteiger partial charge in [-0.25, -0.2) is 0 Å². The molecule has 3 aromatic rings. The lowest BCUT2D eigenvalue weighted by molar-refractivity contribution is -0.119. The second kappa shape index (κ2) is 8.41. The van der Waals surface area contributed by atoms with Gasteiger partial charge in [-0.1, -0.05) is 78.4 Å². The van der Waals surface area contributed by atoms with Crippen LogP contribution in [0.5, 0.6) is 0 Å². The van der Waals surface area contributed by atoms with Gasteiger partial charge in [0.2, 0.25) is 5.91 Å². The van der Waals surface area contributed by atoms with Gasteiger partial charge in [0.15, 0.2) is 0 Å². The van der Waals surface area contributed by atoms with Gasteiger partial charge in [0.25, 0.3) is 0 Å². The minimum atomic E-state index is -0.130. The third-order valence-corrected chi connectivity index (χ3v) is 5.26. The number of carbonyl (C=O) groups is 1. The van der Waals surface area contributed by atoms with E-state index in [9.17, 15) is 4.79 Å². The number of rotatable bonds is 7. The lowest BCUT2D eigenvalue weighted by atomic mass is 9.96. The van der Waals surface area contributed by atoms with E-state index in [0.717, 1.165) is 22.4 Å². The summed E-state index contributed by atoms with van der Waals surface area (Å²) in [5, 5.41) is 0. The van der Waals surface area contributed by atoms with Crippen LogP contribution in [-0.4, -0.2) is 12.5 Å². The van der Waals surface area contributed by atoms with Gasteiger partial charge in [0.05, 0.1) is 19.1 Å². The van der Waals surface area contributed by atoms with Gasteiger partial charge in [-0.3, -0.25) is 4.79 Å². The van der Waals surface area contributed by atoms with Gasteiger partial charge in [0, 0.05) is 12.3 Å². The Labute approximate surface area is 166 Å². The molecule has 1 heterocycles. The van der Waals surface area contributed by atoms with E-state index >= 15 is 0 Å². The molecular formula is C25H25NO2. The Hall–Kier alpha value is -2.91. The van der Waals surface area contributed by atoms with E-state index in [-0.39, 0.29) is 11.8 Å². The van der Waals surface area contributed by atoms with Crippen LogP contribution in [0.4, 0.5) is 5.69 Å². The number of benzene rings is 3. The summed E-state index contributed by atoms with van der Waals surface area (Å²) in [6.45, 7) is 3.83. The number of carbonyl (C=O) groups excluding carboxylic acids is 1. The maximum atomic E-state index is 13.2. The molecule has 0 aromatic heterocycles. The molecule has 28 heavy (non-hydrogen) atoms. The first kappa shape index (κ1) is 18.5. The van der Waals surface area contributed by atoms with E-state index in [2.05, 4.69) is 49.4 Å².